The van der Waals surface area contributed by atoms with Crippen molar-refractivity contribution >= 4 is 11.6 Å². The average molecular weight is 426 g/mol. The van der Waals surface area contributed by atoms with Crippen LogP contribution in [-0.2, 0) is 4.74 Å². The molecule has 0 spiro atoms. The van der Waals surface area contributed by atoms with Crippen molar-refractivity contribution in [3.63, 3.8) is 0 Å². The molecule has 1 atom stereocenters. The first kappa shape index (κ1) is 21.9. The number of aromatic nitrogens is 4. The molecule has 8 nitrogen and oxygen atoms in total. The molecule has 8 heteroatoms. The number of nitrogens with one attached hydrogen (secondary N) is 3. The smallest absolute Gasteiger partial charge is 0.149 e. The lowest BCUT2D eigenvalue weighted by Crippen LogP contribution is -2.42. The van der Waals surface area contributed by atoms with E-state index in [1.807, 2.05) is 12.1 Å². The van der Waals surface area contributed by atoms with E-state index in [2.05, 4.69) is 50.0 Å². The second kappa shape index (κ2) is 9.87. The zero-order valence-electron chi connectivity index (χ0n) is 18.9. The van der Waals surface area contributed by atoms with Crippen LogP contribution in [-0.4, -0.2) is 58.6 Å². The number of anilines is 2. The van der Waals surface area contributed by atoms with Gasteiger partial charge in [0.15, 0.2) is 0 Å². The van der Waals surface area contributed by atoms with E-state index >= 15 is 0 Å². The Kier molecular flexibility index (Phi) is 6.97. The van der Waals surface area contributed by atoms with Gasteiger partial charge < -0.3 is 20.7 Å². The molecule has 31 heavy (non-hydrogen) atoms. The number of hydrogen-bond donors (Lipinski definition) is 3. The van der Waals surface area contributed by atoms with E-state index in [-0.39, 0.29) is 0 Å². The lowest BCUT2D eigenvalue weighted by molar-refractivity contribution is 0.161. The van der Waals surface area contributed by atoms with Crippen molar-refractivity contribution in [2.45, 2.75) is 70.5 Å². The molecule has 2 heterocycles. The standard InChI is InChI=1S/C23H35N7O/c1-16(13-31-3)28-18-4-6-19(7-5-18)29-21-11-20(25-15-26-21)17-10-22(30-27-12-17)24-14-23(2)8-9-23/h10-12,15-16,18-19,28H,4-9,13-14H2,1-3H3,(H,24,30)(H,25,26,29)/t16-,18?,19?/m0/s1. The summed E-state index contributed by atoms with van der Waals surface area (Å²) in [7, 11) is 1.75. The molecule has 4 rings (SSSR count). The van der Waals surface area contributed by atoms with E-state index in [1.54, 1.807) is 19.6 Å². The summed E-state index contributed by atoms with van der Waals surface area (Å²) in [6.45, 7) is 6.16. The summed E-state index contributed by atoms with van der Waals surface area (Å²) < 4.78 is 5.23. The molecule has 2 aliphatic carbocycles. The van der Waals surface area contributed by atoms with Gasteiger partial charge in [0, 0.05) is 43.4 Å². The SMILES string of the molecule is COC[C@H](C)NC1CCC(Nc2cc(-c3cnnc(NCC4(C)CC4)c3)ncn2)CC1. The second-order valence-corrected chi connectivity index (χ2v) is 9.50. The Morgan fingerprint density at radius 3 is 2.61 bits per heavy atom. The van der Waals surface area contributed by atoms with Crippen molar-refractivity contribution < 1.29 is 4.74 Å². The van der Waals surface area contributed by atoms with Crippen LogP contribution in [0.1, 0.15) is 52.4 Å². The van der Waals surface area contributed by atoms with Crippen LogP contribution in [0, 0.1) is 5.41 Å². The van der Waals surface area contributed by atoms with Crippen LogP contribution < -0.4 is 16.0 Å². The highest BCUT2D eigenvalue weighted by Gasteiger charge is 2.36. The van der Waals surface area contributed by atoms with Gasteiger partial charge >= 0.3 is 0 Å². The van der Waals surface area contributed by atoms with Gasteiger partial charge in [0.05, 0.1) is 18.5 Å². The molecule has 3 N–H and O–H groups in total. The van der Waals surface area contributed by atoms with Crippen LogP contribution >= 0.6 is 0 Å². The minimum absolute atomic E-state index is 0.393. The molecule has 0 aromatic carbocycles. The summed E-state index contributed by atoms with van der Waals surface area (Å²) >= 11 is 0. The van der Waals surface area contributed by atoms with Crippen LogP contribution in [0.3, 0.4) is 0 Å². The highest BCUT2D eigenvalue weighted by Crippen LogP contribution is 2.44. The predicted molar refractivity (Wildman–Crippen MR) is 123 cm³/mol. The van der Waals surface area contributed by atoms with Crippen LogP contribution in [0.4, 0.5) is 11.6 Å². The first-order valence-corrected chi connectivity index (χ1v) is 11.4. The van der Waals surface area contributed by atoms with E-state index in [4.69, 9.17) is 4.74 Å². The third-order valence-corrected chi connectivity index (χ3v) is 6.43. The summed E-state index contributed by atoms with van der Waals surface area (Å²) in [4.78, 5) is 8.90. The van der Waals surface area contributed by atoms with Gasteiger partial charge in [-0.15, -0.1) is 5.10 Å². The zero-order valence-corrected chi connectivity index (χ0v) is 18.9. The number of rotatable bonds is 10. The zero-order chi connectivity index (χ0) is 21.7. The van der Waals surface area contributed by atoms with Crippen molar-refractivity contribution in [1.82, 2.24) is 25.5 Å². The third kappa shape index (κ3) is 6.33. The minimum atomic E-state index is 0.393. The maximum atomic E-state index is 5.23. The highest BCUT2D eigenvalue weighted by atomic mass is 16.5. The monoisotopic (exact) mass is 425 g/mol. The fourth-order valence-electron chi connectivity index (χ4n) is 4.20. The maximum Gasteiger partial charge on any atom is 0.149 e. The Morgan fingerprint density at radius 2 is 1.87 bits per heavy atom. The van der Waals surface area contributed by atoms with Gasteiger partial charge in [-0.2, -0.15) is 5.10 Å². The van der Waals surface area contributed by atoms with Crippen molar-refractivity contribution in [2.75, 3.05) is 30.9 Å². The van der Waals surface area contributed by atoms with Gasteiger partial charge in [0.2, 0.25) is 0 Å². The number of ether oxygens (including phenoxy) is 1. The Bertz CT molecular complexity index is 849. The van der Waals surface area contributed by atoms with Crippen molar-refractivity contribution in [3.05, 3.63) is 24.7 Å². The molecular formula is C23H35N7O. The first-order valence-electron chi connectivity index (χ1n) is 11.4. The van der Waals surface area contributed by atoms with Gasteiger partial charge in [-0.1, -0.05) is 6.92 Å². The fraction of sp³-hybridized carbons (Fsp3) is 0.652. The van der Waals surface area contributed by atoms with Crippen LogP contribution in [0.2, 0.25) is 0 Å². The molecule has 2 saturated carbocycles. The molecule has 0 aliphatic heterocycles. The molecule has 2 aliphatic rings. The van der Waals surface area contributed by atoms with Crippen LogP contribution in [0.5, 0.6) is 0 Å². The maximum absolute atomic E-state index is 5.23. The predicted octanol–water partition coefficient (Wildman–Crippen LogP) is 3.49. The van der Waals surface area contributed by atoms with Gasteiger partial charge in [-0.3, -0.25) is 0 Å². The number of methoxy groups -OCH3 is 1. The van der Waals surface area contributed by atoms with Gasteiger partial charge in [-0.05, 0) is 56.9 Å². The van der Waals surface area contributed by atoms with Crippen molar-refractivity contribution in [3.8, 4) is 11.3 Å². The molecule has 0 saturated heterocycles. The summed E-state index contributed by atoms with van der Waals surface area (Å²) in [5, 5.41) is 19.1. The Balaban J connectivity index is 1.32. The largest absolute Gasteiger partial charge is 0.383 e. The second-order valence-electron chi connectivity index (χ2n) is 9.50. The van der Waals surface area contributed by atoms with Gasteiger partial charge in [0.25, 0.3) is 0 Å². The molecule has 2 fully saturated rings. The molecule has 168 valence electrons. The van der Waals surface area contributed by atoms with Gasteiger partial charge in [0.1, 0.15) is 18.0 Å². The van der Waals surface area contributed by atoms with E-state index in [0.717, 1.165) is 61.7 Å². The summed E-state index contributed by atoms with van der Waals surface area (Å²) in [6.07, 6.45) is 10.5. The van der Waals surface area contributed by atoms with Crippen molar-refractivity contribution in [2.24, 2.45) is 5.41 Å². The van der Waals surface area contributed by atoms with E-state index in [0.29, 0.717) is 23.5 Å². The molecule has 0 unspecified atom stereocenters. The Hall–Kier alpha value is -2.32. The number of nitrogens with zero attached hydrogens (tertiary/aromatic N) is 4. The van der Waals surface area contributed by atoms with Crippen LogP contribution in [0.15, 0.2) is 24.7 Å². The summed E-state index contributed by atoms with van der Waals surface area (Å²) in [5.74, 6) is 1.67. The molecule has 2 aromatic rings. The minimum Gasteiger partial charge on any atom is -0.383 e. The lowest BCUT2D eigenvalue weighted by Gasteiger charge is -2.31. The molecule has 0 amide bonds. The van der Waals surface area contributed by atoms with E-state index in [1.165, 1.54) is 12.8 Å². The van der Waals surface area contributed by atoms with E-state index in [9.17, 15) is 0 Å². The Labute approximate surface area is 185 Å². The highest BCUT2D eigenvalue weighted by molar-refractivity contribution is 5.64. The van der Waals surface area contributed by atoms with Crippen molar-refractivity contribution in [1.29, 1.82) is 0 Å². The summed E-state index contributed by atoms with van der Waals surface area (Å²) in [5.41, 5.74) is 2.22. The Morgan fingerprint density at radius 1 is 1.10 bits per heavy atom. The third-order valence-electron chi connectivity index (χ3n) is 6.43. The fourth-order valence-corrected chi connectivity index (χ4v) is 4.20. The molecular weight excluding hydrogens is 390 g/mol. The topological polar surface area (TPSA) is 96.9 Å². The lowest BCUT2D eigenvalue weighted by atomic mass is 9.90. The normalized spacial score (nSPS) is 23.2. The number of hydrogen-bond acceptors (Lipinski definition) is 8. The van der Waals surface area contributed by atoms with Crippen LogP contribution in [0.25, 0.3) is 11.3 Å². The molecule has 2 aromatic heterocycles. The first-order chi connectivity index (χ1) is 15.0. The summed E-state index contributed by atoms with van der Waals surface area (Å²) in [6, 6.07) is 5.42. The quantitative estimate of drug-likeness (QED) is 0.532. The van der Waals surface area contributed by atoms with E-state index < -0.39 is 0 Å². The van der Waals surface area contributed by atoms with Gasteiger partial charge in [-0.25, -0.2) is 9.97 Å². The average Bonchev–Trinajstić information content (AvgIpc) is 3.52. The molecule has 0 bridgehead atoms. The molecule has 0 radical (unpaired) electrons.